The molecule has 0 spiro atoms. The van der Waals surface area contributed by atoms with E-state index in [4.69, 9.17) is 34.7 Å². The van der Waals surface area contributed by atoms with Crippen molar-refractivity contribution in [3.8, 4) is 0 Å². The molecule has 0 saturated carbocycles. The van der Waals surface area contributed by atoms with Gasteiger partial charge in [0, 0.05) is 38.0 Å². The summed E-state index contributed by atoms with van der Waals surface area (Å²) < 4.78 is 26.4. The Morgan fingerprint density at radius 3 is 1.50 bits per heavy atom. The first-order valence-electron chi connectivity index (χ1n) is 10.1. The van der Waals surface area contributed by atoms with E-state index in [1.54, 1.807) is 12.1 Å². The minimum absolute atomic E-state index is 0.0103. The molecule has 2 atom stereocenters. The van der Waals surface area contributed by atoms with Crippen molar-refractivity contribution in [2.75, 3.05) is 13.1 Å². The quantitative estimate of drug-likeness (QED) is 0.366. The van der Waals surface area contributed by atoms with Gasteiger partial charge in [-0.1, -0.05) is 35.3 Å². The number of carbonyl (C=O) groups excluding carboxylic acids is 2. The Morgan fingerprint density at radius 1 is 0.781 bits per heavy atom. The molecule has 0 aliphatic heterocycles. The fourth-order valence-corrected chi connectivity index (χ4v) is 3.51. The van der Waals surface area contributed by atoms with Gasteiger partial charge < -0.3 is 22.1 Å². The van der Waals surface area contributed by atoms with Crippen molar-refractivity contribution < 1.29 is 18.4 Å². The second kappa shape index (κ2) is 12.7. The van der Waals surface area contributed by atoms with Crippen LogP contribution < -0.4 is 22.1 Å². The van der Waals surface area contributed by atoms with Gasteiger partial charge in [0.15, 0.2) is 0 Å². The van der Waals surface area contributed by atoms with Crippen molar-refractivity contribution in [3.05, 3.63) is 69.2 Å². The first-order valence-corrected chi connectivity index (χ1v) is 10.8. The van der Waals surface area contributed by atoms with Gasteiger partial charge in [0.05, 0.1) is 10.0 Å². The van der Waals surface area contributed by atoms with Gasteiger partial charge in [0.1, 0.15) is 11.6 Å². The molecule has 174 valence electrons. The van der Waals surface area contributed by atoms with Crippen molar-refractivity contribution in [2.45, 2.75) is 37.8 Å². The molecular formula is C22H26Cl2F2N4O2. The van der Waals surface area contributed by atoms with E-state index in [1.165, 1.54) is 24.3 Å². The van der Waals surface area contributed by atoms with Gasteiger partial charge in [-0.05, 0) is 48.2 Å². The van der Waals surface area contributed by atoms with Gasteiger partial charge in [-0.25, -0.2) is 8.78 Å². The van der Waals surface area contributed by atoms with E-state index in [0.717, 1.165) is 11.1 Å². The fourth-order valence-electron chi connectivity index (χ4n) is 3.11. The Labute approximate surface area is 195 Å². The van der Waals surface area contributed by atoms with Gasteiger partial charge >= 0.3 is 0 Å². The van der Waals surface area contributed by atoms with Crippen LogP contribution in [0.1, 0.15) is 24.0 Å². The Hall–Kier alpha value is -2.26. The van der Waals surface area contributed by atoms with Crippen molar-refractivity contribution in [1.82, 2.24) is 10.6 Å². The molecule has 0 aliphatic carbocycles. The number of carbonyl (C=O) groups is 2. The number of amides is 2. The lowest BCUT2D eigenvalue weighted by Gasteiger charge is -2.14. The molecule has 2 amide bonds. The molecule has 2 rings (SSSR count). The van der Waals surface area contributed by atoms with Crippen molar-refractivity contribution in [1.29, 1.82) is 0 Å². The molecule has 10 heteroatoms. The minimum Gasteiger partial charge on any atom is -0.354 e. The Bertz CT molecular complexity index is 871. The van der Waals surface area contributed by atoms with E-state index >= 15 is 0 Å². The third-order valence-electron chi connectivity index (χ3n) is 4.63. The summed E-state index contributed by atoms with van der Waals surface area (Å²) in [6, 6.07) is 7.72. The lowest BCUT2D eigenvalue weighted by molar-refractivity contribution is -0.123. The van der Waals surface area contributed by atoms with Gasteiger partial charge in [-0.3, -0.25) is 9.59 Å². The van der Waals surface area contributed by atoms with Crippen LogP contribution >= 0.6 is 23.2 Å². The van der Waals surface area contributed by atoms with E-state index in [2.05, 4.69) is 10.6 Å². The van der Waals surface area contributed by atoms with Crippen LogP contribution in [0.25, 0.3) is 0 Å². The lowest BCUT2D eigenvalue weighted by Crippen LogP contribution is -2.39. The number of nitrogens with one attached hydrogen (secondary N) is 2. The van der Waals surface area contributed by atoms with Crippen molar-refractivity contribution in [3.63, 3.8) is 0 Å². The third kappa shape index (κ3) is 9.08. The average Bonchev–Trinajstić information content (AvgIpc) is 2.70. The van der Waals surface area contributed by atoms with E-state index in [1.807, 2.05) is 0 Å². The van der Waals surface area contributed by atoms with Gasteiger partial charge in [0.25, 0.3) is 0 Å². The lowest BCUT2D eigenvalue weighted by atomic mass is 10.0. The van der Waals surface area contributed by atoms with Crippen LogP contribution in [-0.4, -0.2) is 37.0 Å². The summed E-state index contributed by atoms with van der Waals surface area (Å²) in [7, 11) is 0. The highest BCUT2D eigenvalue weighted by molar-refractivity contribution is 6.31. The summed E-state index contributed by atoms with van der Waals surface area (Å²) in [5.74, 6) is -1.54. The van der Waals surface area contributed by atoms with E-state index in [-0.39, 0.29) is 47.8 Å². The summed E-state index contributed by atoms with van der Waals surface area (Å²) in [5.41, 5.74) is 13.4. The molecule has 2 unspecified atom stereocenters. The maximum atomic E-state index is 13.2. The molecule has 0 aromatic heterocycles. The highest BCUT2D eigenvalue weighted by atomic mass is 35.5. The highest BCUT2D eigenvalue weighted by Crippen LogP contribution is 2.18. The molecule has 6 nitrogen and oxygen atoms in total. The maximum Gasteiger partial charge on any atom is 0.221 e. The van der Waals surface area contributed by atoms with E-state index in [9.17, 15) is 18.4 Å². The monoisotopic (exact) mass is 486 g/mol. The standard InChI is InChI=1S/C22H26Cl2F2N4O2/c23-17-9-13(1-3-19(17)25)7-15(27)11-21(31)29-5-6-30-22(32)12-16(28)8-14-2-4-20(26)18(24)10-14/h1-4,9-10,15-16H,5-8,11-12,27-28H2,(H,29,31)(H,30,32). The van der Waals surface area contributed by atoms with Crippen molar-refractivity contribution in [2.24, 2.45) is 11.5 Å². The summed E-state index contributed by atoms with van der Waals surface area (Å²) in [4.78, 5) is 24.0. The number of hydrogen-bond acceptors (Lipinski definition) is 4. The molecular weight excluding hydrogens is 461 g/mol. The van der Waals surface area contributed by atoms with Crippen LogP contribution in [-0.2, 0) is 22.4 Å². The molecule has 0 fully saturated rings. The Morgan fingerprint density at radius 2 is 1.16 bits per heavy atom. The van der Waals surface area contributed by atoms with Crippen molar-refractivity contribution >= 4 is 35.0 Å². The zero-order valence-electron chi connectivity index (χ0n) is 17.3. The summed E-state index contributed by atoms with van der Waals surface area (Å²) in [6.45, 7) is 0.477. The van der Waals surface area contributed by atoms with Crippen LogP contribution in [0.4, 0.5) is 8.78 Å². The highest BCUT2D eigenvalue weighted by Gasteiger charge is 2.13. The molecule has 0 heterocycles. The zero-order chi connectivity index (χ0) is 23.7. The first-order chi connectivity index (χ1) is 15.1. The minimum atomic E-state index is -0.510. The third-order valence-corrected chi connectivity index (χ3v) is 5.21. The number of rotatable bonds is 11. The largest absolute Gasteiger partial charge is 0.354 e. The Balaban J connectivity index is 1.62. The molecule has 32 heavy (non-hydrogen) atoms. The van der Waals surface area contributed by atoms with Gasteiger partial charge in [-0.2, -0.15) is 0 Å². The van der Waals surface area contributed by atoms with E-state index in [0.29, 0.717) is 12.8 Å². The number of halogens is 4. The van der Waals surface area contributed by atoms with Crippen LogP contribution in [0.5, 0.6) is 0 Å². The first kappa shape index (κ1) is 26.0. The normalized spacial score (nSPS) is 12.8. The molecule has 0 bridgehead atoms. The average molecular weight is 487 g/mol. The second-order valence-corrected chi connectivity index (χ2v) is 8.35. The molecule has 6 N–H and O–H groups in total. The molecule has 0 aliphatic rings. The molecule has 2 aromatic carbocycles. The predicted octanol–water partition coefficient (Wildman–Crippen LogP) is 2.72. The molecule has 2 aromatic rings. The Kier molecular flexibility index (Phi) is 10.3. The maximum absolute atomic E-state index is 13.2. The number of benzene rings is 2. The van der Waals surface area contributed by atoms with Crippen LogP contribution in [0.15, 0.2) is 36.4 Å². The zero-order valence-corrected chi connectivity index (χ0v) is 18.9. The number of hydrogen-bond donors (Lipinski definition) is 4. The van der Waals surface area contributed by atoms with Gasteiger partial charge in [0.2, 0.25) is 11.8 Å². The summed E-state index contributed by atoms with van der Waals surface area (Å²) in [6.07, 6.45) is 0.907. The summed E-state index contributed by atoms with van der Waals surface area (Å²) in [5, 5.41) is 5.38. The SMILES string of the molecule is NC(CC(=O)NCCNC(=O)CC(N)Cc1ccc(F)c(Cl)c1)Cc1ccc(F)c(Cl)c1. The topological polar surface area (TPSA) is 110 Å². The van der Waals surface area contributed by atoms with Gasteiger partial charge in [-0.15, -0.1) is 0 Å². The predicted molar refractivity (Wildman–Crippen MR) is 121 cm³/mol. The van der Waals surface area contributed by atoms with Crippen LogP contribution in [0, 0.1) is 11.6 Å². The fraction of sp³-hybridized carbons (Fsp3) is 0.364. The summed E-state index contributed by atoms with van der Waals surface area (Å²) >= 11 is 11.5. The van der Waals surface area contributed by atoms with E-state index < -0.39 is 23.7 Å². The molecule has 0 radical (unpaired) electrons. The van der Waals surface area contributed by atoms with Crippen LogP contribution in [0.2, 0.25) is 10.0 Å². The molecule has 0 saturated heterocycles. The number of nitrogens with two attached hydrogens (primary N) is 2. The smallest absolute Gasteiger partial charge is 0.221 e. The second-order valence-electron chi connectivity index (χ2n) is 7.53. The van der Waals surface area contributed by atoms with Crippen LogP contribution in [0.3, 0.4) is 0 Å².